The zero-order chi connectivity index (χ0) is 8.20. The zero-order valence-electron chi connectivity index (χ0n) is 7.90. The van der Waals surface area contributed by atoms with Crippen molar-refractivity contribution in [2.45, 2.75) is 46.6 Å². The Morgan fingerprint density at radius 3 is 2.30 bits per heavy atom. The molecule has 1 atom stereocenters. The molecule has 0 aliphatic rings. The molecule has 2 heteroatoms. The Kier molecular flexibility index (Phi) is 4.21. The first-order valence-corrected chi connectivity index (χ1v) is 4.86. The summed E-state index contributed by atoms with van der Waals surface area (Å²) >= 11 is 0. The minimum atomic E-state index is 0.460. The van der Waals surface area contributed by atoms with E-state index in [-0.39, 0.29) is 0 Å². The van der Waals surface area contributed by atoms with Crippen LogP contribution >= 0.6 is 0 Å². The van der Waals surface area contributed by atoms with Gasteiger partial charge in [-0.05, 0) is 18.8 Å². The molecule has 0 heterocycles. The molecule has 0 fully saturated rings. The van der Waals surface area contributed by atoms with E-state index in [0.29, 0.717) is 11.5 Å². The second-order valence-corrected chi connectivity index (χ2v) is 4.24. The van der Waals surface area contributed by atoms with Gasteiger partial charge in [0.2, 0.25) is 0 Å². The van der Waals surface area contributed by atoms with Crippen molar-refractivity contribution in [3.8, 4) is 0 Å². The molecule has 0 amide bonds. The van der Waals surface area contributed by atoms with E-state index in [1.165, 1.54) is 12.8 Å². The van der Waals surface area contributed by atoms with Crippen molar-refractivity contribution >= 4 is 10.5 Å². The summed E-state index contributed by atoms with van der Waals surface area (Å²) in [6.45, 7) is 8.98. The van der Waals surface area contributed by atoms with Crippen molar-refractivity contribution in [1.29, 1.82) is 0 Å². The summed E-state index contributed by atoms with van der Waals surface area (Å²) in [7, 11) is 0.869. The maximum atomic E-state index is 5.33. The summed E-state index contributed by atoms with van der Waals surface area (Å²) in [6, 6.07) is 0. The fourth-order valence-electron chi connectivity index (χ4n) is 1.01. The van der Waals surface area contributed by atoms with E-state index < -0.39 is 0 Å². The van der Waals surface area contributed by atoms with Crippen LogP contribution in [0.4, 0.5) is 0 Å². The SMILES string of the molecule is CCC(C)(C)CC(C)O[SiH3]. The lowest BCUT2D eigenvalue weighted by molar-refractivity contribution is 0.159. The number of hydrogen-bond acceptors (Lipinski definition) is 1. The molecule has 0 saturated heterocycles. The maximum Gasteiger partial charge on any atom is 0.146 e. The van der Waals surface area contributed by atoms with Crippen LogP contribution in [0.1, 0.15) is 40.5 Å². The van der Waals surface area contributed by atoms with Crippen LogP contribution in [0.2, 0.25) is 0 Å². The van der Waals surface area contributed by atoms with Crippen molar-refractivity contribution in [2.24, 2.45) is 5.41 Å². The summed E-state index contributed by atoms with van der Waals surface area (Å²) in [6.07, 6.45) is 2.89. The summed E-state index contributed by atoms with van der Waals surface area (Å²) in [5.41, 5.74) is 0.462. The maximum absolute atomic E-state index is 5.33. The lowest BCUT2D eigenvalue weighted by Gasteiger charge is -2.25. The smallest absolute Gasteiger partial charge is 0.146 e. The molecule has 0 rings (SSSR count). The third-order valence-corrected chi connectivity index (χ3v) is 3.00. The molecule has 0 radical (unpaired) electrons. The van der Waals surface area contributed by atoms with Crippen LogP contribution in [0.25, 0.3) is 0 Å². The highest BCUT2D eigenvalue weighted by Crippen LogP contribution is 2.26. The first-order valence-electron chi connectivity index (χ1n) is 4.04. The van der Waals surface area contributed by atoms with Crippen molar-refractivity contribution in [1.82, 2.24) is 0 Å². The van der Waals surface area contributed by atoms with E-state index in [1.54, 1.807) is 0 Å². The molecular formula is C8H20OSi. The van der Waals surface area contributed by atoms with Gasteiger partial charge in [0.1, 0.15) is 10.5 Å². The Morgan fingerprint density at radius 2 is 2.00 bits per heavy atom. The van der Waals surface area contributed by atoms with E-state index in [1.807, 2.05) is 0 Å². The monoisotopic (exact) mass is 160 g/mol. The van der Waals surface area contributed by atoms with Crippen LogP contribution in [-0.2, 0) is 4.43 Å². The van der Waals surface area contributed by atoms with Crippen molar-refractivity contribution in [2.75, 3.05) is 0 Å². The Balaban J connectivity index is 3.64. The Morgan fingerprint density at radius 1 is 1.50 bits per heavy atom. The summed E-state index contributed by atoms with van der Waals surface area (Å²) in [5, 5.41) is 0. The molecule has 62 valence electrons. The molecule has 0 aromatic carbocycles. The van der Waals surface area contributed by atoms with Crippen molar-refractivity contribution in [3.63, 3.8) is 0 Å². The van der Waals surface area contributed by atoms with Gasteiger partial charge in [-0.3, -0.25) is 0 Å². The van der Waals surface area contributed by atoms with Crippen LogP contribution in [0.5, 0.6) is 0 Å². The highest BCUT2D eigenvalue weighted by molar-refractivity contribution is 5.98. The van der Waals surface area contributed by atoms with Crippen LogP contribution in [0.3, 0.4) is 0 Å². The lowest BCUT2D eigenvalue weighted by Crippen LogP contribution is -2.19. The first kappa shape index (κ1) is 10.2. The van der Waals surface area contributed by atoms with Gasteiger partial charge in [0.25, 0.3) is 0 Å². The molecule has 0 N–H and O–H groups in total. The summed E-state index contributed by atoms with van der Waals surface area (Å²) in [4.78, 5) is 0. The van der Waals surface area contributed by atoms with Crippen LogP contribution < -0.4 is 0 Å². The van der Waals surface area contributed by atoms with E-state index >= 15 is 0 Å². The number of hydrogen-bond donors (Lipinski definition) is 0. The second kappa shape index (κ2) is 4.14. The standard InChI is InChI=1S/C8H20OSi/c1-5-8(3,4)6-7(2)9-10/h7H,5-6H2,1-4,10H3. The van der Waals surface area contributed by atoms with Gasteiger partial charge in [-0.2, -0.15) is 0 Å². The normalized spacial score (nSPS) is 15.6. The highest BCUT2D eigenvalue weighted by Gasteiger charge is 2.17. The van der Waals surface area contributed by atoms with Gasteiger partial charge in [0.05, 0.1) is 0 Å². The van der Waals surface area contributed by atoms with E-state index in [2.05, 4.69) is 27.7 Å². The fraction of sp³-hybridized carbons (Fsp3) is 1.00. The van der Waals surface area contributed by atoms with E-state index in [9.17, 15) is 0 Å². The Hall–Kier alpha value is 0.177. The third kappa shape index (κ3) is 4.07. The number of rotatable bonds is 4. The Labute approximate surface area is 67.7 Å². The quantitative estimate of drug-likeness (QED) is 0.566. The Bertz CT molecular complexity index is 91.3. The molecule has 0 aliphatic heterocycles. The average molecular weight is 160 g/mol. The molecule has 0 aromatic heterocycles. The predicted octanol–water partition coefficient (Wildman–Crippen LogP) is 1.50. The van der Waals surface area contributed by atoms with Crippen LogP contribution in [0.15, 0.2) is 0 Å². The minimum absolute atomic E-state index is 0.460. The highest BCUT2D eigenvalue weighted by atomic mass is 28.2. The minimum Gasteiger partial charge on any atom is -0.425 e. The summed E-state index contributed by atoms with van der Waals surface area (Å²) < 4.78 is 5.33. The fourth-order valence-corrected chi connectivity index (χ4v) is 1.17. The third-order valence-electron chi connectivity index (χ3n) is 2.20. The van der Waals surface area contributed by atoms with Gasteiger partial charge in [-0.25, -0.2) is 0 Å². The average Bonchev–Trinajstić information content (AvgIpc) is 1.87. The van der Waals surface area contributed by atoms with E-state index in [0.717, 1.165) is 10.5 Å². The van der Waals surface area contributed by atoms with Gasteiger partial charge >= 0.3 is 0 Å². The van der Waals surface area contributed by atoms with Gasteiger partial charge in [0, 0.05) is 6.10 Å². The molecule has 0 spiro atoms. The van der Waals surface area contributed by atoms with Gasteiger partial charge in [-0.1, -0.05) is 27.2 Å². The van der Waals surface area contributed by atoms with Gasteiger partial charge in [0.15, 0.2) is 0 Å². The van der Waals surface area contributed by atoms with Crippen molar-refractivity contribution < 1.29 is 4.43 Å². The summed E-state index contributed by atoms with van der Waals surface area (Å²) in [5.74, 6) is 0. The molecule has 0 aliphatic carbocycles. The van der Waals surface area contributed by atoms with E-state index in [4.69, 9.17) is 4.43 Å². The molecule has 1 unspecified atom stereocenters. The molecule has 1 nitrogen and oxygen atoms in total. The molecule has 0 bridgehead atoms. The molecule has 0 aromatic rings. The lowest BCUT2D eigenvalue weighted by atomic mass is 9.85. The van der Waals surface area contributed by atoms with Gasteiger partial charge < -0.3 is 4.43 Å². The molecular weight excluding hydrogens is 140 g/mol. The zero-order valence-corrected chi connectivity index (χ0v) is 9.90. The topological polar surface area (TPSA) is 9.23 Å². The molecule has 0 saturated carbocycles. The largest absolute Gasteiger partial charge is 0.425 e. The molecule has 10 heavy (non-hydrogen) atoms. The second-order valence-electron chi connectivity index (χ2n) is 3.77. The van der Waals surface area contributed by atoms with Crippen molar-refractivity contribution in [3.05, 3.63) is 0 Å². The first-order chi connectivity index (χ1) is 4.52. The van der Waals surface area contributed by atoms with Crippen LogP contribution in [-0.4, -0.2) is 16.6 Å². The van der Waals surface area contributed by atoms with Gasteiger partial charge in [-0.15, -0.1) is 0 Å². The van der Waals surface area contributed by atoms with Crippen LogP contribution in [0, 0.1) is 5.41 Å². The predicted molar refractivity (Wildman–Crippen MR) is 49.2 cm³/mol.